The molecule has 204 valence electrons. The van der Waals surface area contributed by atoms with Crippen LogP contribution < -0.4 is 4.74 Å². The number of benzene rings is 1. The molecule has 0 saturated carbocycles. The standard InChI is InChI=1S/C31H56O4/c1-3-5-7-9-11-13-15-17-19-29-20-22-30(23-21-29)34-25-26-35-31(27-32)28-33-24-18-16-14-12-10-8-6-4-2/h20-23,31-32H,3-19,24-28H2,1-2H3. The Balaban J connectivity index is 1.99. The Kier molecular flexibility index (Phi) is 22.4. The van der Waals surface area contributed by atoms with E-state index < -0.39 is 0 Å². The van der Waals surface area contributed by atoms with Crippen molar-refractivity contribution in [2.45, 2.75) is 129 Å². The number of aliphatic hydroxyl groups is 1. The van der Waals surface area contributed by atoms with E-state index in [2.05, 4.69) is 38.1 Å². The SMILES string of the molecule is CCCCCCCCCCOCC(CO)OCCOc1ccc(CCCCCCCCCC)cc1. The van der Waals surface area contributed by atoms with Crippen LogP contribution in [0.3, 0.4) is 0 Å². The molecule has 4 nitrogen and oxygen atoms in total. The van der Waals surface area contributed by atoms with E-state index >= 15 is 0 Å². The Morgan fingerprint density at radius 1 is 0.629 bits per heavy atom. The van der Waals surface area contributed by atoms with Gasteiger partial charge in [-0.3, -0.25) is 0 Å². The second-order valence-electron chi connectivity index (χ2n) is 9.94. The maximum Gasteiger partial charge on any atom is 0.119 e. The van der Waals surface area contributed by atoms with Crippen LogP contribution in [0, 0.1) is 0 Å². The van der Waals surface area contributed by atoms with Gasteiger partial charge in [0.25, 0.3) is 0 Å². The number of ether oxygens (including phenoxy) is 3. The average Bonchev–Trinajstić information content (AvgIpc) is 2.88. The lowest BCUT2D eigenvalue weighted by Gasteiger charge is -2.16. The first-order chi connectivity index (χ1) is 17.3. The van der Waals surface area contributed by atoms with Gasteiger partial charge in [-0.2, -0.15) is 0 Å². The van der Waals surface area contributed by atoms with Crippen LogP contribution in [-0.2, 0) is 15.9 Å². The molecule has 4 heteroatoms. The second kappa shape index (κ2) is 24.6. The summed E-state index contributed by atoms with van der Waals surface area (Å²) in [6.07, 6.45) is 22.1. The maximum atomic E-state index is 9.52. The van der Waals surface area contributed by atoms with E-state index in [-0.39, 0.29) is 12.7 Å². The van der Waals surface area contributed by atoms with Gasteiger partial charge in [0.15, 0.2) is 0 Å². The zero-order valence-corrected chi connectivity index (χ0v) is 23.1. The maximum absolute atomic E-state index is 9.52. The summed E-state index contributed by atoms with van der Waals surface area (Å²) in [5.74, 6) is 0.875. The summed E-state index contributed by atoms with van der Waals surface area (Å²) < 4.78 is 17.2. The molecule has 0 fully saturated rings. The van der Waals surface area contributed by atoms with E-state index in [9.17, 15) is 5.11 Å². The fourth-order valence-corrected chi connectivity index (χ4v) is 4.30. The Morgan fingerprint density at radius 3 is 1.74 bits per heavy atom. The number of aliphatic hydroxyl groups excluding tert-OH is 1. The van der Waals surface area contributed by atoms with E-state index in [0.29, 0.717) is 19.8 Å². The fraction of sp³-hybridized carbons (Fsp3) is 0.806. The molecule has 1 unspecified atom stereocenters. The highest BCUT2D eigenvalue weighted by molar-refractivity contribution is 5.27. The van der Waals surface area contributed by atoms with Gasteiger partial charge >= 0.3 is 0 Å². The molecule has 1 aromatic rings. The lowest BCUT2D eigenvalue weighted by molar-refractivity contribution is -0.0495. The smallest absolute Gasteiger partial charge is 0.119 e. The summed E-state index contributed by atoms with van der Waals surface area (Å²) in [5, 5.41) is 9.52. The average molecular weight is 493 g/mol. The summed E-state index contributed by atoms with van der Waals surface area (Å²) >= 11 is 0. The van der Waals surface area contributed by atoms with Gasteiger partial charge in [0.1, 0.15) is 18.5 Å². The topological polar surface area (TPSA) is 47.9 Å². The molecular formula is C31H56O4. The molecule has 1 rings (SSSR count). The summed E-state index contributed by atoms with van der Waals surface area (Å²) in [5.41, 5.74) is 1.38. The monoisotopic (exact) mass is 492 g/mol. The van der Waals surface area contributed by atoms with Crippen LogP contribution in [-0.4, -0.2) is 44.2 Å². The highest BCUT2D eigenvalue weighted by atomic mass is 16.6. The quantitative estimate of drug-likeness (QED) is 0.132. The highest BCUT2D eigenvalue weighted by Gasteiger charge is 2.08. The van der Waals surface area contributed by atoms with Crippen molar-refractivity contribution in [1.29, 1.82) is 0 Å². The molecule has 0 amide bonds. The normalized spacial score (nSPS) is 12.2. The molecule has 35 heavy (non-hydrogen) atoms. The molecule has 0 aliphatic rings. The number of unbranched alkanes of at least 4 members (excludes halogenated alkanes) is 14. The first-order valence-corrected chi connectivity index (χ1v) is 14.8. The third kappa shape index (κ3) is 19.7. The van der Waals surface area contributed by atoms with Crippen molar-refractivity contribution in [3.8, 4) is 5.75 Å². The predicted molar refractivity (Wildman–Crippen MR) is 149 cm³/mol. The Labute approximate surface area is 217 Å². The van der Waals surface area contributed by atoms with Crippen LogP contribution in [0.4, 0.5) is 0 Å². The molecule has 1 N–H and O–H groups in total. The highest BCUT2D eigenvalue weighted by Crippen LogP contribution is 2.15. The molecular weight excluding hydrogens is 436 g/mol. The van der Waals surface area contributed by atoms with Crippen LogP contribution in [0.2, 0.25) is 0 Å². The lowest BCUT2D eigenvalue weighted by Crippen LogP contribution is -2.26. The van der Waals surface area contributed by atoms with Gasteiger partial charge in [0, 0.05) is 6.61 Å². The molecule has 0 aliphatic carbocycles. The number of aryl methyl sites for hydroxylation is 1. The van der Waals surface area contributed by atoms with Gasteiger partial charge < -0.3 is 19.3 Å². The van der Waals surface area contributed by atoms with Crippen LogP contribution in [0.1, 0.15) is 122 Å². The third-order valence-corrected chi connectivity index (χ3v) is 6.60. The van der Waals surface area contributed by atoms with Crippen molar-refractivity contribution in [2.24, 2.45) is 0 Å². The number of hydrogen-bond donors (Lipinski definition) is 1. The van der Waals surface area contributed by atoms with E-state index in [1.165, 1.54) is 102 Å². The zero-order chi connectivity index (χ0) is 25.2. The summed E-state index contributed by atoms with van der Waals surface area (Å²) in [7, 11) is 0. The second-order valence-corrected chi connectivity index (χ2v) is 9.94. The Hall–Kier alpha value is -1.10. The van der Waals surface area contributed by atoms with Gasteiger partial charge in [0.2, 0.25) is 0 Å². The Morgan fingerprint density at radius 2 is 1.17 bits per heavy atom. The third-order valence-electron chi connectivity index (χ3n) is 6.60. The molecule has 1 atom stereocenters. The summed E-state index contributed by atoms with van der Waals surface area (Å²) in [4.78, 5) is 0. The molecule has 0 aromatic heterocycles. The minimum atomic E-state index is -0.276. The number of rotatable bonds is 26. The molecule has 0 heterocycles. The largest absolute Gasteiger partial charge is 0.491 e. The molecule has 0 aliphatic heterocycles. The van der Waals surface area contributed by atoms with Crippen LogP contribution in [0.5, 0.6) is 5.75 Å². The van der Waals surface area contributed by atoms with Gasteiger partial charge in [-0.05, 0) is 37.0 Å². The van der Waals surface area contributed by atoms with Crippen molar-refractivity contribution >= 4 is 0 Å². The van der Waals surface area contributed by atoms with Gasteiger partial charge in [-0.15, -0.1) is 0 Å². The van der Waals surface area contributed by atoms with Gasteiger partial charge in [0.05, 0.1) is 19.8 Å². The van der Waals surface area contributed by atoms with Crippen molar-refractivity contribution in [3.63, 3.8) is 0 Å². The van der Waals surface area contributed by atoms with Crippen LogP contribution in [0.25, 0.3) is 0 Å². The molecule has 1 aromatic carbocycles. The lowest BCUT2D eigenvalue weighted by atomic mass is 10.0. The van der Waals surface area contributed by atoms with E-state index in [1.807, 2.05) is 0 Å². The van der Waals surface area contributed by atoms with Crippen molar-refractivity contribution < 1.29 is 19.3 Å². The Bertz CT molecular complexity index is 545. The zero-order valence-electron chi connectivity index (χ0n) is 23.1. The van der Waals surface area contributed by atoms with Crippen LogP contribution in [0.15, 0.2) is 24.3 Å². The minimum Gasteiger partial charge on any atom is -0.491 e. The van der Waals surface area contributed by atoms with Gasteiger partial charge in [-0.25, -0.2) is 0 Å². The van der Waals surface area contributed by atoms with E-state index in [4.69, 9.17) is 14.2 Å². The summed E-state index contributed by atoms with van der Waals surface area (Å²) in [6, 6.07) is 8.45. The molecule has 0 radical (unpaired) electrons. The first kappa shape index (κ1) is 31.9. The first-order valence-electron chi connectivity index (χ1n) is 14.8. The van der Waals surface area contributed by atoms with E-state index in [1.54, 1.807) is 0 Å². The van der Waals surface area contributed by atoms with E-state index in [0.717, 1.165) is 25.2 Å². The predicted octanol–water partition coefficient (Wildman–Crippen LogP) is 8.28. The molecule has 0 saturated heterocycles. The fourth-order valence-electron chi connectivity index (χ4n) is 4.30. The van der Waals surface area contributed by atoms with Crippen molar-refractivity contribution in [3.05, 3.63) is 29.8 Å². The van der Waals surface area contributed by atoms with Crippen molar-refractivity contribution in [1.82, 2.24) is 0 Å². The molecule has 0 spiro atoms. The van der Waals surface area contributed by atoms with Crippen molar-refractivity contribution in [2.75, 3.05) is 33.0 Å². The van der Waals surface area contributed by atoms with Gasteiger partial charge in [-0.1, -0.05) is 116 Å². The number of hydrogen-bond acceptors (Lipinski definition) is 4. The van der Waals surface area contributed by atoms with Crippen LogP contribution >= 0.6 is 0 Å². The summed E-state index contributed by atoms with van der Waals surface area (Å²) in [6.45, 7) is 6.62. The minimum absolute atomic E-state index is 0.0230. The molecule has 0 bridgehead atoms.